The first-order chi connectivity index (χ1) is 11.8. The third-order valence-corrected chi connectivity index (χ3v) is 4.19. The van der Waals surface area contributed by atoms with E-state index in [0.717, 1.165) is 5.56 Å². The van der Waals surface area contributed by atoms with Gasteiger partial charge in [-0.25, -0.2) is 4.39 Å². The van der Waals surface area contributed by atoms with Crippen molar-refractivity contribution in [1.29, 1.82) is 0 Å². The number of carbonyl (C=O) groups is 1. The minimum atomic E-state index is -0.736. The van der Waals surface area contributed by atoms with E-state index in [2.05, 4.69) is 0 Å². The lowest BCUT2D eigenvalue weighted by atomic mass is 9.97. The average molecular weight is 343 g/mol. The molecule has 0 heterocycles. The predicted octanol–water partition coefficient (Wildman–Crippen LogP) is 4.19. The summed E-state index contributed by atoms with van der Waals surface area (Å²) in [6, 6.07) is 14.0. The second-order valence-electron chi connectivity index (χ2n) is 6.92. The zero-order chi connectivity index (χ0) is 18.4. The molecule has 0 spiro atoms. The van der Waals surface area contributed by atoms with Crippen molar-refractivity contribution in [1.82, 2.24) is 4.90 Å². The molecule has 0 aliphatic carbocycles. The normalized spacial score (nSPS) is 11.4. The van der Waals surface area contributed by atoms with E-state index in [4.69, 9.17) is 0 Å². The van der Waals surface area contributed by atoms with E-state index in [0.29, 0.717) is 30.5 Å². The van der Waals surface area contributed by atoms with Crippen molar-refractivity contribution < 1.29 is 14.3 Å². The smallest absolute Gasteiger partial charge is 0.254 e. The third-order valence-electron chi connectivity index (χ3n) is 4.19. The zero-order valence-corrected chi connectivity index (χ0v) is 15.1. The summed E-state index contributed by atoms with van der Waals surface area (Å²) in [5.74, 6) is -0.413. The zero-order valence-electron chi connectivity index (χ0n) is 15.1. The Morgan fingerprint density at radius 1 is 1.16 bits per heavy atom. The van der Waals surface area contributed by atoms with Crippen molar-refractivity contribution in [2.24, 2.45) is 0 Å². The van der Waals surface area contributed by atoms with Crippen LogP contribution in [0.5, 0.6) is 0 Å². The van der Waals surface area contributed by atoms with Gasteiger partial charge in [0.25, 0.3) is 5.91 Å². The van der Waals surface area contributed by atoms with Crippen LogP contribution in [0.1, 0.15) is 48.7 Å². The maximum absolute atomic E-state index is 13.9. The van der Waals surface area contributed by atoms with Crippen molar-refractivity contribution >= 4 is 5.91 Å². The number of aliphatic hydroxyl groups is 1. The first-order valence-electron chi connectivity index (χ1n) is 8.64. The lowest BCUT2D eigenvalue weighted by molar-refractivity contribution is 0.0714. The summed E-state index contributed by atoms with van der Waals surface area (Å²) < 4.78 is 13.9. The summed E-state index contributed by atoms with van der Waals surface area (Å²) in [6.45, 7) is 6.18. The van der Waals surface area contributed by atoms with Gasteiger partial charge >= 0.3 is 0 Å². The summed E-state index contributed by atoms with van der Waals surface area (Å²) in [4.78, 5) is 14.4. The average Bonchev–Trinajstić information content (AvgIpc) is 2.58. The van der Waals surface area contributed by atoms with Gasteiger partial charge in [-0.05, 0) is 57.4 Å². The fraction of sp³-hybridized carbons (Fsp3) is 0.381. The molecule has 0 fully saturated rings. The first kappa shape index (κ1) is 19.1. The predicted molar refractivity (Wildman–Crippen MR) is 97.9 cm³/mol. The first-order valence-corrected chi connectivity index (χ1v) is 8.64. The molecule has 0 atom stereocenters. The summed E-state index contributed by atoms with van der Waals surface area (Å²) in [5, 5.41) is 9.86. The summed E-state index contributed by atoms with van der Waals surface area (Å²) in [5.41, 5.74) is 1.37. The Morgan fingerprint density at radius 3 is 2.52 bits per heavy atom. The highest BCUT2D eigenvalue weighted by Gasteiger charge is 2.17. The molecule has 0 bridgehead atoms. The third kappa shape index (κ3) is 5.68. The summed E-state index contributed by atoms with van der Waals surface area (Å²) in [6.07, 6.45) is 1.32. The fourth-order valence-corrected chi connectivity index (χ4v) is 2.65. The van der Waals surface area contributed by atoms with Crippen molar-refractivity contribution in [3.63, 3.8) is 0 Å². The Kier molecular flexibility index (Phi) is 6.32. The maximum atomic E-state index is 13.9. The number of rotatable bonds is 7. The quantitative estimate of drug-likeness (QED) is 0.819. The van der Waals surface area contributed by atoms with E-state index in [1.807, 2.05) is 25.1 Å². The molecule has 2 aromatic rings. The van der Waals surface area contributed by atoms with Gasteiger partial charge in [-0.3, -0.25) is 4.79 Å². The van der Waals surface area contributed by atoms with Crippen LogP contribution in [-0.2, 0) is 13.0 Å². The van der Waals surface area contributed by atoms with Crippen LogP contribution < -0.4 is 0 Å². The molecule has 3 nitrogen and oxygen atoms in total. The Balaban J connectivity index is 2.13. The van der Waals surface area contributed by atoms with Crippen LogP contribution in [-0.4, -0.2) is 28.1 Å². The number of halogens is 1. The molecule has 0 radical (unpaired) electrons. The van der Waals surface area contributed by atoms with Gasteiger partial charge in [0.15, 0.2) is 0 Å². The van der Waals surface area contributed by atoms with E-state index in [9.17, 15) is 14.3 Å². The molecule has 0 saturated carbocycles. The van der Waals surface area contributed by atoms with Crippen LogP contribution >= 0.6 is 0 Å². The Hall–Kier alpha value is -2.20. The van der Waals surface area contributed by atoms with E-state index in [1.165, 1.54) is 6.07 Å². The highest BCUT2D eigenvalue weighted by Crippen LogP contribution is 2.17. The highest BCUT2D eigenvalue weighted by atomic mass is 19.1. The Labute approximate surface area is 149 Å². The summed E-state index contributed by atoms with van der Waals surface area (Å²) in [7, 11) is 0. The topological polar surface area (TPSA) is 40.5 Å². The van der Waals surface area contributed by atoms with E-state index < -0.39 is 5.60 Å². The molecule has 2 aromatic carbocycles. The van der Waals surface area contributed by atoms with Crippen LogP contribution in [0, 0.1) is 5.82 Å². The Morgan fingerprint density at radius 2 is 1.88 bits per heavy atom. The van der Waals surface area contributed by atoms with Gasteiger partial charge in [0.1, 0.15) is 5.82 Å². The molecule has 2 rings (SSSR count). The van der Waals surface area contributed by atoms with Crippen LogP contribution in [0.4, 0.5) is 4.39 Å². The van der Waals surface area contributed by atoms with E-state index >= 15 is 0 Å². The SMILES string of the molecule is CCN(Cc1ccccc1F)C(=O)c1cccc(CCC(C)(C)O)c1. The van der Waals surface area contributed by atoms with Crippen molar-refractivity contribution in [2.45, 2.75) is 45.8 Å². The molecule has 1 N–H and O–H groups in total. The lowest BCUT2D eigenvalue weighted by Crippen LogP contribution is -2.30. The molecule has 134 valence electrons. The van der Waals surface area contributed by atoms with Crippen molar-refractivity contribution in [2.75, 3.05) is 6.54 Å². The number of nitrogens with zero attached hydrogens (tertiary/aromatic N) is 1. The second-order valence-corrected chi connectivity index (χ2v) is 6.92. The maximum Gasteiger partial charge on any atom is 0.254 e. The molecule has 0 unspecified atom stereocenters. The minimum Gasteiger partial charge on any atom is -0.390 e. The van der Waals surface area contributed by atoms with Gasteiger partial charge < -0.3 is 10.0 Å². The van der Waals surface area contributed by atoms with Crippen LogP contribution in [0.2, 0.25) is 0 Å². The van der Waals surface area contributed by atoms with Gasteiger partial charge in [-0.15, -0.1) is 0 Å². The lowest BCUT2D eigenvalue weighted by Gasteiger charge is -2.22. The number of amides is 1. The molecule has 0 aromatic heterocycles. The number of benzene rings is 2. The molecule has 0 aliphatic rings. The van der Waals surface area contributed by atoms with Crippen molar-refractivity contribution in [3.05, 3.63) is 71.0 Å². The highest BCUT2D eigenvalue weighted by molar-refractivity contribution is 5.94. The molecule has 25 heavy (non-hydrogen) atoms. The standard InChI is InChI=1S/C21H26FNO2/c1-4-23(15-18-9-5-6-11-19(18)22)20(24)17-10-7-8-16(14-17)12-13-21(2,3)25/h5-11,14,25H,4,12-13,15H2,1-3H3. The monoisotopic (exact) mass is 343 g/mol. The summed E-state index contributed by atoms with van der Waals surface area (Å²) >= 11 is 0. The van der Waals surface area contributed by atoms with Crippen LogP contribution in [0.15, 0.2) is 48.5 Å². The molecule has 0 aliphatic heterocycles. The van der Waals surface area contributed by atoms with E-state index in [-0.39, 0.29) is 18.3 Å². The van der Waals surface area contributed by atoms with Crippen LogP contribution in [0.25, 0.3) is 0 Å². The van der Waals surface area contributed by atoms with Crippen molar-refractivity contribution in [3.8, 4) is 0 Å². The second kappa shape index (κ2) is 8.26. The minimum absolute atomic E-state index is 0.115. The van der Waals surface area contributed by atoms with Gasteiger partial charge in [0.2, 0.25) is 0 Å². The van der Waals surface area contributed by atoms with Gasteiger partial charge in [-0.1, -0.05) is 30.3 Å². The van der Waals surface area contributed by atoms with Gasteiger partial charge in [-0.2, -0.15) is 0 Å². The molecule has 1 amide bonds. The molecule has 0 saturated heterocycles. The molecular weight excluding hydrogens is 317 g/mol. The van der Waals surface area contributed by atoms with Crippen LogP contribution in [0.3, 0.4) is 0 Å². The number of carbonyl (C=O) groups excluding carboxylic acids is 1. The van der Waals surface area contributed by atoms with Gasteiger partial charge in [0, 0.05) is 24.2 Å². The number of hydrogen-bond donors (Lipinski definition) is 1. The number of aryl methyl sites for hydroxylation is 1. The number of hydrogen-bond acceptors (Lipinski definition) is 2. The van der Waals surface area contributed by atoms with E-state index in [1.54, 1.807) is 43.0 Å². The fourth-order valence-electron chi connectivity index (χ4n) is 2.65. The van der Waals surface area contributed by atoms with Gasteiger partial charge in [0.05, 0.1) is 5.60 Å². The molecular formula is C21H26FNO2. The largest absolute Gasteiger partial charge is 0.390 e. The molecule has 4 heteroatoms. The Bertz CT molecular complexity index is 722.